The molecule has 1 aromatic carbocycles. The highest BCUT2D eigenvalue weighted by Crippen LogP contribution is 2.28. The van der Waals surface area contributed by atoms with Crippen LogP contribution in [0.5, 0.6) is 5.75 Å². The van der Waals surface area contributed by atoms with E-state index < -0.39 is 6.10 Å². The number of thiophene rings is 1. The van der Waals surface area contributed by atoms with Crippen molar-refractivity contribution in [3.8, 4) is 5.75 Å². The fraction of sp³-hybridized carbons (Fsp3) is 0.333. The zero-order chi connectivity index (χ0) is 20.3. The van der Waals surface area contributed by atoms with E-state index in [-0.39, 0.29) is 12.2 Å². The molecule has 0 spiro atoms. The van der Waals surface area contributed by atoms with Gasteiger partial charge in [0, 0.05) is 17.2 Å². The summed E-state index contributed by atoms with van der Waals surface area (Å²) in [4.78, 5) is 19.5. The van der Waals surface area contributed by atoms with Crippen LogP contribution in [0, 0.1) is 20.8 Å². The van der Waals surface area contributed by atoms with Crippen LogP contribution in [0.1, 0.15) is 16.0 Å². The first kappa shape index (κ1) is 20.6. The number of benzene rings is 1. The van der Waals surface area contributed by atoms with Crippen LogP contribution in [0.4, 0.5) is 0 Å². The number of aliphatic hydroxyl groups is 1. The van der Waals surface area contributed by atoms with Crippen molar-refractivity contribution in [2.24, 2.45) is 0 Å². The first-order valence-electron chi connectivity index (χ1n) is 9.02. The fourth-order valence-electron chi connectivity index (χ4n) is 2.75. The van der Waals surface area contributed by atoms with Crippen LogP contribution in [0.25, 0.3) is 10.2 Å². The zero-order valence-corrected chi connectivity index (χ0v) is 17.9. The summed E-state index contributed by atoms with van der Waals surface area (Å²) in [5.74, 6) is 1.10. The van der Waals surface area contributed by atoms with Gasteiger partial charge in [0.15, 0.2) is 5.16 Å². The second-order valence-corrected chi connectivity index (χ2v) is 8.84. The van der Waals surface area contributed by atoms with Gasteiger partial charge in [-0.05, 0) is 38.5 Å². The number of fused-ring (bicyclic) bond motifs is 1. The highest BCUT2D eigenvalue weighted by atomic mass is 32.2. The number of aromatic nitrogens is 2. The molecule has 0 amide bonds. The quantitative estimate of drug-likeness (QED) is 0.340. The van der Waals surface area contributed by atoms with Gasteiger partial charge in [-0.2, -0.15) is 0 Å². The average Bonchev–Trinajstić information content (AvgIpc) is 2.96. The number of allylic oxidation sites excluding steroid dienone is 1. The van der Waals surface area contributed by atoms with Crippen LogP contribution in [0.15, 0.2) is 46.9 Å². The lowest BCUT2D eigenvalue weighted by Gasteiger charge is -2.14. The van der Waals surface area contributed by atoms with Gasteiger partial charge < -0.3 is 9.84 Å². The van der Waals surface area contributed by atoms with Crippen molar-refractivity contribution in [2.45, 2.75) is 38.6 Å². The number of hydrogen-bond acceptors (Lipinski definition) is 6. The Kier molecular flexibility index (Phi) is 6.59. The molecular formula is C21H24N2O3S2. The Labute approximate surface area is 172 Å². The molecule has 1 atom stereocenters. The van der Waals surface area contributed by atoms with Gasteiger partial charge in [-0.1, -0.05) is 35.5 Å². The van der Waals surface area contributed by atoms with Crippen molar-refractivity contribution < 1.29 is 9.84 Å². The third-order valence-corrected chi connectivity index (χ3v) is 6.66. The van der Waals surface area contributed by atoms with Gasteiger partial charge in [-0.25, -0.2) is 4.98 Å². The van der Waals surface area contributed by atoms with Gasteiger partial charge in [0.2, 0.25) is 0 Å². The molecule has 0 radical (unpaired) electrons. The Bertz CT molecular complexity index is 1040. The largest absolute Gasteiger partial charge is 0.491 e. The second kappa shape index (κ2) is 8.94. The van der Waals surface area contributed by atoms with E-state index in [2.05, 4.69) is 11.6 Å². The molecule has 3 aromatic rings. The minimum atomic E-state index is -0.678. The number of aryl methyl sites for hydroxylation is 3. The smallest absolute Gasteiger partial charge is 0.263 e. The molecule has 0 aliphatic heterocycles. The van der Waals surface area contributed by atoms with Gasteiger partial charge in [0.1, 0.15) is 17.2 Å². The molecule has 0 aliphatic carbocycles. The summed E-state index contributed by atoms with van der Waals surface area (Å²) in [6.07, 6.45) is 1.01. The molecule has 3 rings (SSSR count). The van der Waals surface area contributed by atoms with Crippen LogP contribution in [0.3, 0.4) is 0 Å². The molecule has 0 unspecified atom stereocenters. The maximum atomic E-state index is 12.9. The van der Waals surface area contributed by atoms with E-state index in [1.165, 1.54) is 23.1 Å². The number of rotatable bonds is 8. The van der Waals surface area contributed by atoms with E-state index in [1.807, 2.05) is 45.0 Å². The predicted molar refractivity (Wildman–Crippen MR) is 117 cm³/mol. The van der Waals surface area contributed by atoms with Gasteiger partial charge in [-0.3, -0.25) is 9.36 Å². The minimum Gasteiger partial charge on any atom is -0.491 e. The summed E-state index contributed by atoms with van der Waals surface area (Å²) >= 11 is 2.88. The van der Waals surface area contributed by atoms with Crippen molar-refractivity contribution in [3.05, 3.63) is 63.3 Å². The van der Waals surface area contributed by atoms with Crippen LogP contribution >= 0.6 is 23.1 Å². The molecule has 0 bridgehead atoms. The number of aliphatic hydroxyl groups excluding tert-OH is 1. The SMILES string of the molecule is C=CCn1c(SC[C@@H](O)COc2ccc(C)cc2)nc2sc(C)c(C)c2c1=O. The third kappa shape index (κ3) is 4.48. The summed E-state index contributed by atoms with van der Waals surface area (Å²) in [5, 5.41) is 11.6. The standard InChI is InChI=1S/C21H24N2O3S2/c1-5-10-23-20(25)18-14(3)15(4)28-19(18)22-21(23)27-12-16(24)11-26-17-8-6-13(2)7-9-17/h5-9,16,24H,1,10-12H2,2-4H3/t16-/m0/s1. The number of thioether (sulfide) groups is 1. The Morgan fingerprint density at radius 1 is 1.32 bits per heavy atom. The number of nitrogens with zero attached hydrogens (tertiary/aromatic N) is 2. The molecule has 2 heterocycles. The van der Waals surface area contributed by atoms with E-state index in [0.717, 1.165) is 26.6 Å². The predicted octanol–water partition coefficient (Wildman–Crippen LogP) is 4.10. The minimum absolute atomic E-state index is 0.0559. The van der Waals surface area contributed by atoms with Gasteiger partial charge >= 0.3 is 0 Å². The van der Waals surface area contributed by atoms with Gasteiger partial charge in [0.25, 0.3) is 5.56 Å². The lowest BCUT2D eigenvalue weighted by molar-refractivity contribution is 0.126. The molecule has 5 nitrogen and oxygen atoms in total. The Morgan fingerprint density at radius 2 is 2.04 bits per heavy atom. The van der Waals surface area contributed by atoms with Crippen molar-refractivity contribution in [1.82, 2.24) is 9.55 Å². The molecule has 7 heteroatoms. The van der Waals surface area contributed by atoms with Gasteiger partial charge in [-0.15, -0.1) is 17.9 Å². The molecular weight excluding hydrogens is 392 g/mol. The van der Waals surface area contributed by atoms with Crippen molar-refractivity contribution >= 4 is 33.3 Å². The van der Waals surface area contributed by atoms with Crippen LogP contribution < -0.4 is 10.3 Å². The summed E-state index contributed by atoms with van der Waals surface area (Å²) in [6, 6.07) is 7.70. The first-order chi connectivity index (χ1) is 13.4. The van der Waals surface area contributed by atoms with Crippen LogP contribution in [0.2, 0.25) is 0 Å². The first-order valence-corrected chi connectivity index (χ1v) is 10.8. The van der Waals surface area contributed by atoms with E-state index >= 15 is 0 Å². The van der Waals surface area contributed by atoms with Crippen molar-refractivity contribution in [3.63, 3.8) is 0 Å². The normalized spacial score (nSPS) is 12.3. The maximum Gasteiger partial charge on any atom is 0.263 e. The highest BCUT2D eigenvalue weighted by molar-refractivity contribution is 7.99. The molecule has 148 valence electrons. The Morgan fingerprint density at radius 3 is 2.71 bits per heavy atom. The molecule has 0 saturated heterocycles. The van der Waals surface area contributed by atoms with Crippen LogP contribution in [-0.4, -0.2) is 33.1 Å². The second-order valence-electron chi connectivity index (χ2n) is 6.65. The maximum absolute atomic E-state index is 12.9. The average molecular weight is 417 g/mol. The third-order valence-electron chi connectivity index (χ3n) is 4.43. The fourth-order valence-corrected chi connectivity index (χ4v) is 4.74. The highest BCUT2D eigenvalue weighted by Gasteiger charge is 2.17. The van der Waals surface area contributed by atoms with E-state index in [1.54, 1.807) is 10.6 Å². The lowest BCUT2D eigenvalue weighted by Crippen LogP contribution is -2.24. The van der Waals surface area contributed by atoms with Crippen molar-refractivity contribution in [1.29, 1.82) is 0 Å². The Balaban J connectivity index is 1.73. The van der Waals surface area contributed by atoms with Gasteiger partial charge in [0.05, 0.1) is 11.5 Å². The summed E-state index contributed by atoms with van der Waals surface area (Å²) < 4.78 is 7.25. The van der Waals surface area contributed by atoms with E-state index in [0.29, 0.717) is 22.8 Å². The topological polar surface area (TPSA) is 64.3 Å². The molecule has 0 aliphatic rings. The number of hydrogen-bond donors (Lipinski definition) is 1. The van der Waals surface area contributed by atoms with Crippen LogP contribution in [-0.2, 0) is 6.54 Å². The van der Waals surface area contributed by atoms with E-state index in [4.69, 9.17) is 4.74 Å². The van der Waals surface area contributed by atoms with E-state index in [9.17, 15) is 9.90 Å². The zero-order valence-electron chi connectivity index (χ0n) is 16.3. The Hall–Kier alpha value is -2.09. The summed E-state index contributed by atoms with van der Waals surface area (Å²) in [6.45, 7) is 10.3. The number of ether oxygens (including phenoxy) is 1. The molecule has 0 saturated carbocycles. The molecule has 0 fully saturated rings. The lowest BCUT2D eigenvalue weighted by atomic mass is 10.2. The molecule has 2 aromatic heterocycles. The summed E-state index contributed by atoms with van der Waals surface area (Å²) in [5.41, 5.74) is 2.09. The van der Waals surface area contributed by atoms with Crippen molar-refractivity contribution in [2.75, 3.05) is 12.4 Å². The molecule has 1 N–H and O–H groups in total. The summed E-state index contributed by atoms with van der Waals surface area (Å²) in [7, 11) is 0. The monoisotopic (exact) mass is 416 g/mol. The molecule has 28 heavy (non-hydrogen) atoms.